The van der Waals surface area contributed by atoms with Crippen molar-refractivity contribution in [3.8, 4) is 0 Å². The van der Waals surface area contributed by atoms with Gasteiger partial charge in [-0.05, 0) is 41.8 Å². The number of esters is 1. The highest BCUT2D eigenvalue weighted by Crippen LogP contribution is 2.36. The van der Waals surface area contributed by atoms with Crippen LogP contribution < -0.4 is 5.32 Å². The molecule has 3 aromatic carbocycles. The van der Waals surface area contributed by atoms with Crippen molar-refractivity contribution >= 4 is 33.3 Å². The molecule has 1 atom stereocenters. The number of carbonyl (C=O) groups excluding carboxylic acids is 2. The molecule has 10 nitrogen and oxygen atoms in total. The molecule has 0 unspecified atom stereocenters. The van der Waals surface area contributed by atoms with Gasteiger partial charge in [0.05, 0.1) is 22.3 Å². The number of sulfonamides is 1. The van der Waals surface area contributed by atoms with Crippen molar-refractivity contribution in [2.45, 2.75) is 23.8 Å². The highest BCUT2D eigenvalue weighted by molar-refractivity contribution is 7.89. The fourth-order valence-corrected chi connectivity index (χ4v) is 5.77. The molecule has 0 saturated carbocycles. The van der Waals surface area contributed by atoms with E-state index >= 15 is 0 Å². The number of nitrogens with one attached hydrogen (secondary N) is 1. The van der Waals surface area contributed by atoms with E-state index in [0.29, 0.717) is 12.0 Å². The number of amides is 1. The molecule has 0 radical (unpaired) electrons. The van der Waals surface area contributed by atoms with Crippen molar-refractivity contribution in [3.05, 3.63) is 99.9 Å². The van der Waals surface area contributed by atoms with Crippen LogP contribution in [0.3, 0.4) is 0 Å². The first kappa shape index (κ1) is 25.9. The summed E-state index contributed by atoms with van der Waals surface area (Å²) in [5, 5.41) is 13.2. The van der Waals surface area contributed by atoms with Gasteiger partial charge >= 0.3 is 11.7 Å². The quantitative estimate of drug-likeness (QED) is 0.269. The largest absolute Gasteiger partial charge is 0.456 e. The lowest BCUT2D eigenvalue weighted by molar-refractivity contribution is -0.387. The number of hydrogen-bond acceptors (Lipinski definition) is 7. The maximum atomic E-state index is 13.5. The summed E-state index contributed by atoms with van der Waals surface area (Å²) in [6.07, 6.45) is 0.137. The predicted molar refractivity (Wildman–Crippen MR) is 130 cm³/mol. The average molecular weight is 528 g/mol. The fraction of sp³-hybridized carbons (Fsp3) is 0.200. The summed E-state index contributed by atoms with van der Waals surface area (Å²) >= 11 is 0. The monoisotopic (exact) mass is 527 g/mol. The van der Waals surface area contributed by atoms with Crippen molar-refractivity contribution in [1.29, 1.82) is 0 Å². The van der Waals surface area contributed by atoms with Crippen LogP contribution in [0.1, 0.15) is 23.6 Å². The molecule has 1 heterocycles. The van der Waals surface area contributed by atoms with Gasteiger partial charge in [-0.3, -0.25) is 19.7 Å². The molecule has 0 aliphatic carbocycles. The molecule has 1 aliphatic heterocycles. The van der Waals surface area contributed by atoms with Gasteiger partial charge in [0.2, 0.25) is 15.8 Å². The van der Waals surface area contributed by atoms with E-state index < -0.39 is 51.0 Å². The minimum absolute atomic E-state index is 0.0458. The second-order valence-electron chi connectivity index (χ2n) is 8.23. The lowest BCUT2D eigenvalue weighted by Crippen LogP contribution is -2.41. The van der Waals surface area contributed by atoms with Gasteiger partial charge in [-0.1, -0.05) is 42.5 Å². The van der Waals surface area contributed by atoms with Crippen molar-refractivity contribution in [2.75, 3.05) is 18.5 Å². The van der Waals surface area contributed by atoms with E-state index in [2.05, 4.69) is 5.32 Å². The average Bonchev–Trinajstić information content (AvgIpc) is 2.89. The van der Waals surface area contributed by atoms with Crippen molar-refractivity contribution in [1.82, 2.24) is 4.31 Å². The van der Waals surface area contributed by atoms with Crippen molar-refractivity contribution in [2.24, 2.45) is 0 Å². The Morgan fingerprint density at radius 2 is 1.78 bits per heavy atom. The number of rotatable bonds is 8. The summed E-state index contributed by atoms with van der Waals surface area (Å²) < 4.78 is 46.6. The van der Waals surface area contributed by atoms with Crippen LogP contribution in [0, 0.1) is 15.9 Å². The van der Waals surface area contributed by atoms with Crippen LogP contribution in [0.5, 0.6) is 0 Å². The zero-order valence-corrected chi connectivity index (χ0v) is 20.2. The Morgan fingerprint density at radius 3 is 2.51 bits per heavy atom. The number of anilines is 1. The Morgan fingerprint density at radius 1 is 1.08 bits per heavy atom. The summed E-state index contributed by atoms with van der Waals surface area (Å²) in [6.45, 7) is -0.556. The zero-order chi connectivity index (χ0) is 26.6. The molecule has 1 aliphatic rings. The topological polar surface area (TPSA) is 136 Å². The molecule has 0 bridgehead atoms. The molecule has 0 aromatic heterocycles. The van der Waals surface area contributed by atoms with Crippen LogP contribution in [-0.2, 0) is 30.8 Å². The van der Waals surface area contributed by atoms with E-state index in [1.165, 1.54) is 16.4 Å². The van der Waals surface area contributed by atoms with E-state index in [1.807, 2.05) is 12.1 Å². The molecule has 4 rings (SSSR count). The third-order valence-electron chi connectivity index (χ3n) is 5.86. The number of hydrogen-bond donors (Lipinski definition) is 1. The molecule has 1 N–H and O–H groups in total. The van der Waals surface area contributed by atoms with Gasteiger partial charge in [-0.25, -0.2) is 8.42 Å². The zero-order valence-electron chi connectivity index (χ0n) is 19.4. The number of fused-ring (bicyclic) bond motifs is 1. The number of ether oxygens (including phenoxy) is 1. The maximum absolute atomic E-state index is 13.5. The lowest BCUT2D eigenvalue weighted by Gasteiger charge is -2.36. The van der Waals surface area contributed by atoms with E-state index in [9.17, 15) is 32.5 Å². The molecular formula is C25H22FN3O7S. The number of nitrogens with zero attached hydrogens (tertiary/aromatic N) is 2. The molecular weight excluding hydrogens is 505 g/mol. The van der Waals surface area contributed by atoms with Crippen molar-refractivity contribution in [3.63, 3.8) is 0 Å². The number of benzene rings is 3. The summed E-state index contributed by atoms with van der Waals surface area (Å²) in [7, 11) is -3.93. The lowest BCUT2D eigenvalue weighted by atomic mass is 9.92. The van der Waals surface area contributed by atoms with Crippen LogP contribution in [0.15, 0.2) is 77.7 Å². The first-order valence-corrected chi connectivity index (χ1v) is 12.6. The van der Waals surface area contributed by atoms with Gasteiger partial charge in [-0.2, -0.15) is 8.70 Å². The van der Waals surface area contributed by atoms with Crippen LogP contribution in [0.25, 0.3) is 0 Å². The molecule has 192 valence electrons. The highest BCUT2D eigenvalue weighted by Gasteiger charge is 2.37. The Bertz CT molecular complexity index is 1450. The van der Waals surface area contributed by atoms with Crippen LogP contribution in [0.2, 0.25) is 0 Å². The van der Waals surface area contributed by atoms with Gasteiger partial charge in [0.15, 0.2) is 6.61 Å². The summed E-state index contributed by atoms with van der Waals surface area (Å²) in [6, 6.07) is 17.1. The van der Waals surface area contributed by atoms with E-state index in [0.717, 1.165) is 23.8 Å². The smallest absolute Gasteiger partial charge is 0.308 e. The third kappa shape index (κ3) is 5.81. The highest BCUT2D eigenvalue weighted by atomic mass is 32.2. The summed E-state index contributed by atoms with van der Waals surface area (Å²) in [5.74, 6) is -2.67. The Kier molecular flexibility index (Phi) is 7.60. The third-order valence-corrected chi connectivity index (χ3v) is 7.79. The number of nitro benzene ring substituents is 1. The Labute approximate surface area is 211 Å². The van der Waals surface area contributed by atoms with Crippen LogP contribution in [-0.4, -0.2) is 42.7 Å². The molecule has 12 heteroatoms. The number of nitro groups is 1. The molecule has 1 amide bonds. The molecule has 0 fully saturated rings. The first-order valence-electron chi connectivity index (χ1n) is 11.2. The van der Waals surface area contributed by atoms with Crippen LogP contribution in [0.4, 0.5) is 15.8 Å². The summed E-state index contributed by atoms with van der Waals surface area (Å²) in [4.78, 5) is 35.0. The van der Waals surface area contributed by atoms with Gasteiger partial charge in [-0.15, -0.1) is 0 Å². The number of halogens is 1. The minimum atomic E-state index is -3.93. The van der Waals surface area contributed by atoms with Crippen molar-refractivity contribution < 1.29 is 32.1 Å². The maximum Gasteiger partial charge on any atom is 0.308 e. The Hall–Kier alpha value is -4.16. The molecule has 0 spiro atoms. The number of carbonyl (C=O) groups is 2. The molecule has 0 saturated heterocycles. The normalized spacial score (nSPS) is 15.4. The molecule has 3 aromatic rings. The van der Waals surface area contributed by atoms with E-state index in [1.54, 1.807) is 30.3 Å². The van der Waals surface area contributed by atoms with Gasteiger partial charge in [0, 0.05) is 18.3 Å². The SMILES string of the molecule is O=C(COC(=O)C[C@@H]1c2ccccc2CCN1S(=O)(=O)c1ccccc1)Nc1ccc(F)c([N+](=O)[O-])c1. The van der Waals surface area contributed by atoms with E-state index in [-0.39, 0.29) is 23.5 Å². The Balaban J connectivity index is 1.47. The first-order chi connectivity index (χ1) is 17.7. The van der Waals surface area contributed by atoms with Crippen LogP contribution >= 0.6 is 0 Å². The fourth-order valence-electron chi connectivity index (χ4n) is 4.15. The second-order valence-corrected chi connectivity index (χ2v) is 10.1. The van der Waals surface area contributed by atoms with E-state index in [4.69, 9.17) is 4.74 Å². The predicted octanol–water partition coefficient (Wildman–Crippen LogP) is 3.59. The van der Waals surface area contributed by atoms with Gasteiger partial charge in [0.25, 0.3) is 5.91 Å². The summed E-state index contributed by atoms with van der Waals surface area (Å²) in [5.41, 5.74) is 0.727. The second kappa shape index (κ2) is 10.8. The van der Waals surface area contributed by atoms with Gasteiger partial charge < -0.3 is 10.1 Å². The minimum Gasteiger partial charge on any atom is -0.456 e. The standard InChI is InChI=1S/C25H22FN3O7S/c26-21-11-10-18(14-23(21)29(32)33)27-24(30)16-36-25(31)15-22-20-9-5-4-6-17(20)12-13-28(22)37(34,35)19-7-2-1-3-8-19/h1-11,14,22H,12-13,15-16H2,(H,27,30)/t22-/m1/s1. The molecule has 37 heavy (non-hydrogen) atoms. The van der Waals surface area contributed by atoms with Gasteiger partial charge in [0.1, 0.15) is 0 Å².